The van der Waals surface area contributed by atoms with E-state index in [0.717, 1.165) is 44.1 Å². The van der Waals surface area contributed by atoms with Crippen LogP contribution in [0.3, 0.4) is 0 Å². The maximum Gasteiger partial charge on any atom is 0.209 e. The number of ether oxygens (including phenoxy) is 1. The highest BCUT2D eigenvalue weighted by Crippen LogP contribution is 2.49. The van der Waals surface area contributed by atoms with Gasteiger partial charge < -0.3 is 8.92 Å². The molecule has 2 fully saturated rings. The minimum atomic E-state index is -1.35. The standard InChI is InChI=1S/C24H32O4S/c1-4-17-12-16(3)13-18(5-2)22(17)23-20(25)14-24(8-10-27-11-9-24)15-21(23)28-29(26)19-6-7-19/h12-13,19H,4-11,14-15H2,1-3H3. The van der Waals surface area contributed by atoms with E-state index < -0.39 is 11.1 Å². The summed E-state index contributed by atoms with van der Waals surface area (Å²) in [5, 5.41) is 0.126. The highest BCUT2D eigenvalue weighted by Gasteiger charge is 2.44. The summed E-state index contributed by atoms with van der Waals surface area (Å²) in [6.07, 6.45) is 6.58. The first kappa shape index (κ1) is 20.8. The number of allylic oxidation sites excluding steroid dienone is 2. The number of ketones is 1. The summed E-state index contributed by atoms with van der Waals surface area (Å²) in [5.41, 5.74) is 5.22. The van der Waals surface area contributed by atoms with Crippen LogP contribution in [0.15, 0.2) is 17.9 Å². The van der Waals surface area contributed by atoms with Crippen molar-refractivity contribution in [3.05, 3.63) is 40.1 Å². The van der Waals surface area contributed by atoms with Crippen LogP contribution < -0.4 is 0 Å². The molecule has 1 aliphatic heterocycles. The lowest BCUT2D eigenvalue weighted by Gasteiger charge is -2.40. The molecule has 4 rings (SSSR count). The Hall–Kier alpha value is -1.46. The Bertz CT molecular complexity index is 835. The van der Waals surface area contributed by atoms with Crippen LogP contribution in [-0.4, -0.2) is 28.5 Å². The van der Waals surface area contributed by atoms with Crippen LogP contribution in [0, 0.1) is 12.3 Å². The summed E-state index contributed by atoms with van der Waals surface area (Å²) in [4.78, 5) is 13.6. The molecule has 1 aromatic carbocycles. The number of carbonyl (C=O) groups is 1. The van der Waals surface area contributed by atoms with Gasteiger partial charge in [-0.25, -0.2) is 4.21 Å². The van der Waals surface area contributed by atoms with E-state index >= 15 is 0 Å². The molecule has 1 saturated carbocycles. The van der Waals surface area contributed by atoms with Crippen molar-refractivity contribution in [1.29, 1.82) is 0 Å². The smallest absolute Gasteiger partial charge is 0.209 e. The van der Waals surface area contributed by atoms with Crippen LogP contribution in [0.2, 0.25) is 0 Å². The molecular formula is C24H32O4S. The molecule has 1 unspecified atom stereocenters. The summed E-state index contributed by atoms with van der Waals surface area (Å²) >= 11 is -1.35. The lowest BCUT2D eigenvalue weighted by molar-refractivity contribution is -0.118. The van der Waals surface area contributed by atoms with Gasteiger partial charge in [0.15, 0.2) is 5.78 Å². The number of hydrogen-bond donors (Lipinski definition) is 0. The largest absolute Gasteiger partial charge is 0.404 e. The van der Waals surface area contributed by atoms with E-state index in [1.807, 2.05) is 0 Å². The first-order valence-electron chi connectivity index (χ1n) is 11.0. The Morgan fingerprint density at radius 1 is 1.10 bits per heavy atom. The van der Waals surface area contributed by atoms with Gasteiger partial charge in [-0.3, -0.25) is 4.79 Å². The van der Waals surface area contributed by atoms with E-state index in [4.69, 9.17) is 8.92 Å². The number of Topliss-reactive ketones (excluding diaryl/α,β-unsaturated/α-hetero) is 1. The molecule has 0 N–H and O–H groups in total. The van der Waals surface area contributed by atoms with E-state index in [1.54, 1.807) is 0 Å². The zero-order valence-corrected chi connectivity index (χ0v) is 18.7. The Balaban J connectivity index is 1.84. The van der Waals surface area contributed by atoms with Crippen molar-refractivity contribution in [2.75, 3.05) is 13.2 Å². The number of aryl methyl sites for hydroxylation is 3. The first-order chi connectivity index (χ1) is 14.0. The summed E-state index contributed by atoms with van der Waals surface area (Å²) in [7, 11) is 0. The molecule has 2 aliphatic carbocycles. The number of rotatable bonds is 6. The summed E-state index contributed by atoms with van der Waals surface area (Å²) in [6, 6.07) is 4.37. The second kappa shape index (κ2) is 8.35. The Morgan fingerprint density at radius 3 is 2.28 bits per heavy atom. The van der Waals surface area contributed by atoms with Gasteiger partial charge in [-0.05, 0) is 67.6 Å². The molecule has 5 heteroatoms. The molecule has 1 saturated heterocycles. The van der Waals surface area contributed by atoms with E-state index in [2.05, 4.69) is 32.9 Å². The average molecular weight is 417 g/mol. The van der Waals surface area contributed by atoms with E-state index in [1.165, 1.54) is 16.7 Å². The van der Waals surface area contributed by atoms with Gasteiger partial charge in [0.2, 0.25) is 11.1 Å². The third-order valence-electron chi connectivity index (χ3n) is 6.62. The molecule has 1 heterocycles. The first-order valence-corrected chi connectivity index (χ1v) is 12.2. The van der Waals surface area contributed by atoms with E-state index in [0.29, 0.717) is 37.4 Å². The fourth-order valence-corrected chi connectivity index (χ4v) is 5.83. The van der Waals surface area contributed by atoms with Crippen molar-refractivity contribution in [3.8, 4) is 0 Å². The SMILES string of the molecule is CCc1cc(C)cc(CC)c1C1=C(OS(=O)C2CC2)CC2(CCOCC2)CC1=O. The maximum absolute atomic E-state index is 13.6. The maximum atomic E-state index is 13.6. The molecule has 0 amide bonds. The number of benzene rings is 1. The fourth-order valence-electron chi connectivity index (χ4n) is 4.83. The molecule has 0 radical (unpaired) electrons. The molecule has 0 aromatic heterocycles. The van der Waals surface area contributed by atoms with Gasteiger partial charge in [0.25, 0.3) is 0 Å². The van der Waals surface area contributed by atoms with Crippen molar-refractivity contribution in [1.82, 2.24) is 0 Å². The molecule has 29 heavy (non-hydrogen) atoms. The molecule has 1 aromatic rings. The van der Waals surface area contributed by atoms with Crippen LogP contribution in [-0.2, 0) is 37.6 Å². The predicted molar refractivity (Wildman–Crippen MR) is 116 cm³/mol. The lowest BCUT2D eigenvalue weighted by atomic mass is 9.67. The fraction of sp³-hybridized carbons (Fsp3) is 0.625. The summed E-state index contributed by atoms with van der Waals surface area (Å²) in [5.74, 6) is 0.816. The molecule has 158 valence electrons. The quantitative estimate of drug-likeness (QED) is 0.666. The van der Waals surface area contributed by atoms with Crippen LogP contribution in [0.4, 0.5) is 0 Å². The van der Waals surface area contributed by atoms with Crippen molar-refractivity contribution in [2.45, 2.75) is 77.4 Å². The second-order valence-corrected chi connectivity index (χ2v) is 10.3. The Morgan fingerprint density at radius 2 is 1.72 bits per heavy atom. The van der Waals surface area contributed by atoms with Crippen molar-refractivity contribution in [2.24, 2.45) is 5.41 Å². The van der Waals surface area contributed by atoms with Gasteiger partial charge in [-0.15, -0.1) is 0 Å². The third-order valence-corrected chi connectivity index (χ3v) is 8.00. The van der Waals surface area contributed by atoms with Gasteiger partial charge >= 0.3 is 0 Å². The van der Waals surface area contributed by atoms with Gasteiger partial charge in [0.05, 0.1) is 10.8 Å². The number of hydrogen-bond acceptors (Lipinski definition) is 4. The average Bonchev–Trinajstić information content (AvgIpc) is 3.54. The Labute approximate surface area is 176 Å². The van der Waals surface area contributed by atoms with Crippen LogP contribution in [0.25, 0.3) is 5.57 Å². The van der Waals surface area contributed by atoms with Gasteiger partial charge in [-0.2, -0.15) is 0 Å². The van der Waals surface area contributed by atoms with E-state index in [9.17, 15) is 9.00 Å². The van der Waals surface area contributed by atoms with E-state index in [-0.39, 0.29) is 16.4 Å². The van der Waals surface area contributed by atoms with Gasteiger partial charge in [0.1, 0.15) is 5.76 Å². The third kappa shape index (κ3) is 4.22. The van der Waals surface area contributed by atoms with Gasteiger partial charge in [-0.1, -0.05) is 31.5 Å². The zero-order valence-electron chi connectivity index (χ0n) is 17.8. The zero-order chi connectivity index (χ0) is 20.6. The summed E-state index contributed by atoms with van der Waals surface area (Å²) in [6.45, 7) is 7.75. The normalized spacial score (nSPS) is 22.8. The van der Waals surface area contributed by atoms with Gasteiger partial charge in [0, 0.05) is 26.1 Å². The van der Waals surface area contributed by atoms with Crippen molar-refractivity contribution in [3.63, 3.8) is 0 Å². The monoisotopic (exact) mass is 416 g/mol. The highest BCUT2D eigenvalue weighted by molar-refractivity contribution is 7.81. The predicted octanol–water partition coefficient (Wildman–Crippen LogP) is 4.83. The molecule has 0 bridgehead atoms. The molecular weight excluding hydrogens is 384 g/mol. The molecule has 1 atom stereocenters. The minimum absolute atomic E-state index is 0.106. The van der Waals surface area contributed by atoms with Crippen LogP contribution >= 0.6 is 0 Å². The molecule has 3 aliphatic rings. The topological polar surface area (TPSA) is 52.6 Å². The van der Waals surface area contributed by atoms with Crippen LogP contribution in [0.5, 0.6) is 0 Å². The molecule has 4 nitrogen and oxygen atoms in total. The molecule has 1 spiro atoms. The van der Waals surface area contributed by atoms with Crippen molar-refractivity contribution < 1.29 is 17.9 Å². The summed E-state index contributed by atoms with van der Waals surface area (Å²) < 4.78 is 24.4. The Kier molecular flexibility index (Phi) is 5.99. The van der Waals surface area contributed by atoms with Crippen LogP contribution in [0.1, 0.15) is 74.6 Å². The highest BCUT2D eigenvalue weighted by atomic mass is 32.2. The lowest BCUT2D eigenvalue weighted by Crippen LogP contribution is -2.37. The minimum Gasteiger partial charge on any atom is -0.404 e. The van der Waals surface area contributed by atoms with Crippen molar-refractivity contribution >= 4 is 22.4 Å². The second-order valence-electron chi connectivity index (χ2n) is 8.90. The number of carbonyl (C=O) groups excluding carboxylic acids is 1.